The van der Waals surface area contributed by atoms with Crippen molar-refractivity contribution < 1.29 is 0 Å². The Balaban J connectivity index is 2.10. The summed E-state index contributed by atoms with van der Waals surface area (Å²) >= 11 is 12.3. The van der Waals surface area contributed by atoms with Gasteiger partial charge in [-0.25, -0.2) is 0 Å². The number of anilines is 1. The minimum absolute atomic E-state index is 0.482. The molecule has 0 spiro atoms. The number of benzene rings is 2. The van der Waals surface area contributed by atoms with Gasteiger partial charge in [-0.05, 0) is 43.7 Å². The Labute approximate surface area is 135 Å². The molecular formula is C17H16Cl2N2. The number of nitrogens with zero attached hydrogens (tertiary/aromatic N) is 1. The van der Waals surface area contributed by atoms with Crippen molar-refractivity contribution in [2.45, 2.75) is 25.8 Å². The van der Waals surface area contributed by atoms with Crippen molar-refractivity contribution in [1.29, 1.82) is 5.26 Å². The summed E-state index contributed by atoms with van der Waals surface area (Å²) in [5.74, 6) is 0. The van der Waals surface area contributed by atoms with Crippen LogP contribution < -0.4 is 5.32 Å². The van der Waals surface area contributed by atoms with E-state index in [-0.39, 0.29) is 0 Å². The average Bonchev–Trinajstić information content (AvgIpc) is 2.47. The zero-order valence-corrected chi connectivity index (χ0v) is 13.5. The molecule has 0 aliphatic rings. The Bertz CT molecular complexity index is 650. The van der Waals surface area contributed by atoms with Crippen LogP contribution in [-0.4, -0.2) is 0 Å². The normalized spacial score (nSPS) is 11.0. The third kappa shape index (κ3) is 3.69. The van der Waals surface area contributed by atoms with E-state index in [1.807, 2.05) is 56.3 Å². The molecule has 0 radical (unpaired) electrons. The standard InChI is InChI=1S/C17H16Cl2N2/c1-17(2,11-20)12-6-8-13(9-7-12)21-10-14-15(18)4-3-5-16(14)19/h3-9,21H,10H2,1-2H3. The van der Waals surface area contributed by atoms with E-state index < -0.39 is 5.41 Å². The molecule has 108 valence electrons. The molecule has 2 nitrogen and oxygen atoms in total. The molecule has 0 bridgehead atoms. The molecule has 0 saturated heterocycles. The highest BCUT2D eigenvalue weighted by molar-refractivity contribution is 6.36. The number of nitriles is 1. The zero-order valence-electron chi connectivity index (χ0n) is 12.0. The first-order valence-electron chi connectivity index (χ1n) is 6.62. The SMILES string of the molecule is CC(C)(C#N)c1ccc(NCc2c(Cl)cccc2Cl)cc1. The Morgan fingerprint density at radius 1 is 1.05 bits per heavy atom. The van der Waals surface area contributed by atoms with E-state index in [1.54, 1.807) is 0 Å². The van der Waals surface area contributed by atoms with Crippen LogP contribution in [0.2, 0.25) is 10.0 Å². The van der Waals surface area contributed by atoms with E-state index in [0.717, 1.165) is 16.8 Å². The van der Waals surface area contributed by atoms with Crippen LogP contribution in [0.5, 0.6) is 0 Å². The summed E-state index contributed by atoms with van der Waals surface area (Å²) in [6.07, 6.45) is 0. The highest BCUT2D eigenvalue weighted by Crippen LogP contribution is 2.26. The van der Waals surface area contributed by atoms with Crippen LogP contribution in [0.3, 0.4) is 0 Å². The maximum Gasteiger partial charge on any atom is 0.0766 e. The van der Waals surface area contributed by atoms with Crippen molar-refractivity contribution in [3.8, 4) is 6.07 Å². The number of hydrogen-bond acceptors (Lipinski definition) is 2. The summed E-state index contributed by atoms with van der Waals surface area (Å²) in [7, 11) is 0. The molecule has 0 fully saturated rings. The molecule has 4 heteroatoms. The van der Waals surface area contributed by atoms with Crippen LogP contribution in [0.1, 0.15) is 25.0 Å². The number of rotatable bonds is 4. The van der Waals surface area contributed by atoms with Crippen molar-refractivity contribution >= 4 is 28.9 Å². The molecule has 2 aromatic carbocycles. The Morgan fingerprint density at radius 2 is 1.62 bits per heavy atom. The molecule has 0 saturated carbocycles. The lowest BCUT2D eigenvalue weighted by molar-refractivity contribution is 0.687. The number of halogens is 2. The highest BCUT2D eigenvalue weighted by atomic mass is 35.5. The van der Waals surface area contributed by atoms with Crippen LogP contribution in [0.4, 0.5) is 5.69 Å². The predicted octanol–water partition coefficient (Wildman–Crippen LogP) is 5.41. The average molecular weight is 319 g/mol. The molecule has 0 atom stereocenters. The Hall–Kier alpha value is -1.69. The van der Waals surface area contributed by atoms with Crippen LogP contribution >= 0.6 is 23.2 Å². The second-order valence-electron chi connectivity index (χ2n) is 5.37. The van der Waals surface area contributed by atoms with E-state index >= 15 is 0 Å². The summed E-state index contributed by atoms with van der Waals surface area (Å²) in [4.78, 5) is 0. The zero-order chi connectivity index (χ0) is 15.5. The van der Waals surface area contributed by atoms with Crippen molar-refractivity contribution in [1.82, 2.24) is 0 Å². The number of hydrogen-bond donors (Lipinski definition) is 1. The van der Waals surface area contributed by atoms with Gasteiger partial charge in [0.05, 0.1) is 11.5 Å². The molecule has 0 aliphatic carbocycles. The second-order valence-corrected chi connectivity index (χ2v) is 6.18. The first-order chi connectivity index (χ1) is 9.94. The van der Waals surface area contributed by atoms with Gasteiger partial charge in [-0.1, -0.05) is 41.4 Å². The highest BCUT2D eigenvalue weighted by Gasteiger charge is 2.19. The minimum Gasteiger partial charge on any atom is -0.381 e. The molecular weight excluding hydrogens is 303 g/mol. The molecule has 0 aromatic heterocycles. The van der Waals surface area contributed by atoms with Gasteiger partial charge in [0.15, 0.2) is 0 Å². The van der Waals surface area contributed by atoms with E-state index in [9.17, 15) is 0 Å². The fraction of sp³-hybridized carbons (Fsp3) is 0.235. The Kier molecular flexibility index (Phi) is 4.77. The van der Waals surface area contributed by atoms with E-state index in [2.05, 4.69) is 11.4 Å². The second kappa shape index (κ2) is 6.39. The smallest absolute Gasteiger partial charge is 0.0766 e. The molecule has 0 amide bonds. The third-order valence-electron chi connectivity index (χ3n) is 3.42. The van der Waals surface area contributed by atoms with Crippen molar-refractivity contribution in [2.75, 3.05) is 5.32 Å². The molecule has 1 N–H and O–H groups in total. The van der Waals surface area contributed by atoms with Crippen LogP contribution in [-0.2, 0) is 12.0 Å². The molecule has 2 aromatic rings. The molecule has 0 heterocycles. The van der Waals surface area contributed by atoms with Gasteiger partial charge >= 0.3 is 0 Å². The fourth-order valence-electron chi connectivity index (χ4n) is 1.96. The quantitative estimate of drug-likeness (QED) is 0.818. The van der Waals surface area contributed by atoms with Gasteiger partial charge in [-0.2, -0.15) is 5.26 Å². The van der Waals surface area contributed by atoms with Gasteiger partial charge in [0.1, 0.15) is 0 Å². The maximum atomic E-state index is 9.13. The summed E-state index contributed by atoms with van der Waals surface area (Å²) in [6.45, 7) is 4.36. The van der Waals surface area contributed by atoms with Gasteiger partial charge in [-0.3, -0.25) is 0 Å². The van der Waals surface area contributed by atoms with Crippen LogP contribution in [0, 0.1) is 11.3 Å². The van der Waals surface area contributed by atoms with Gasteiger partial charge in [0, 0.05) is 27.8 Å². The first-order valence-corrected chi connectivity index (χ1v) is 7.38. The van der Waals surface area contributed by atoms with Gasteiger partial charge in [0.25, 0.3) is 0 Å². The van der Waals surface area contributed by atoms with Crippen LogP contribution in [0.25, 0.3) is 0 Å². The lowest BCUT2D eigenvalue weighted by Crippen LogP contribution is -2.13. The molecule has 21 heavy (non-hydrogen) atoms. The summed E-state index contributed by atoms with van der Waals surface area (Å²) < 4.78 is 0. The largest absolute Gasteiger partial charge is 0.381 e. The van der Waals surface area contributed by atoms with Crippen molar-refractivity contribution in [2.24, 2.45) is 0 Å². The van der Waals surface area contributed by atoms with Crippen molar-refractivity contribution in [3.05, 3.63) is 63.6 Å². The Morgan fingerprint density at radius 3 is 2.14 bits per heavy atom. The molecule has 0 unspecified atom stereocenters. The maximum absolute atomic E-state index is 9.13. The van der Waals surface area contributed by atoms with Crippen LogP contribution in [0.15, 0.2) is 42.5 Å². The van der Waals surface area contributed by atoms with Gasteiger partial charge in [-0.15, -0.1) is 0 Å². The lowest BCUT2D eigenvalue weighted by atomic mass is 9.86. The lowest BCUT2D eigenvalue weighted by Gasteiger charge is -2.16. The number of nitrogens with one attached hydrogen (secondary N) is 1. The summed E-state index contributed by atoms with van der Waals surface area (Å²) in [5, 5.41) is 13.7. The van der Waals surface area contributed by atoms with E-state index in [0.29, 0.717) is 16.6 Å². The third-order valence-corrected chi connectivity index (χ3v) is 4.13. The first kappa shape index (κ1) is 15.7. The topological polar surface area (TPSA) is 35.8 Å². The monoisotopic (exact) mass is 318 g/mol. The summed E-state index contributed by atoms with van der Waals surface area (Å²) in [5.41, 5.74) is 2.35. The van der Waals surface area contributed by atoms with Gasteiger partial charge in [0.2, 0.25) is 0 Å². The molecule has 2 rings (SSSR count). The van der Waals surface area contributed by atoms with E-state index in [1.165, 1.54) is 0 Å². The summed E-state index contributed by atoms with van der Waals surface area (Å²) in [6, 6.07) is 15.6. The van der Waals surface area contributed by atoms with E-state index in [4.69, 9.17) is 28.5 Å². The van der Waals surface area contributed by atoms with Crippen molar-refractivity contribution in [3.63, 3.8) is 0 Å². The fourth-order valence-corrected chi connectivity index (χ4v) is 2.49. The minimum atomic E-state index is -0.482. The van der Waals surface area contributed by atoms with Gasteiger partial charge < -0.3 is 5.32 Å². The molecule has 0 aliphatic heterocycles. The predicted molar refractivity (Wildman–Crippen MR) is 88.9 cm³/mol.